The molecule has 0 aromatic heterocycles. The molecule has 1 heteroatoms. The van der Waals surface area contributed by atoms with Gasteiger partial charge in [0.1, 0.15) is 8.07 Å². The number of rotatable bonds is 12. The Balaban J connectivity index is 2.34. The maximum Gasteiger partial charge on any atom is 0.108 e. The Morgan fingerprint density at radius 3 is 1.60 bits per heavy atom. The van der Waals surface area contributed by atoms with Gasteiger partial charge in [-0.25, -0.2) is 0 Å². The molecule has 1 aromatic rings. The lowest BCUT2D eigenvalue weighted by molar-refractivity contribution is 0.661. The van der Waals surface area contributed by atoms with Gasteiger partial charge >= 0.3 is 0 Å². The molecule has 0 amide bonds. The zero-order chi connectivity index (χ0) is 22.3. The summed E-state index contributed by atoms with van der Waals surface area (Å²) in [7, 11) is -1.69. The van der Waals surface area contributed by atoms with E-state index in [0.717, 1.165) is 0 Å². The lowest BCUT2D eigenvalue weighted by atomic mass is 10.0. The Morgan fingerprint density at radius 2 is 1.20 bits per heavy atom. The summed E-state index contributed by atoms with van der Waals surface area (Å²) in [5.74, 6) is 0.618. The Morgan fingerprint density at radius 1 is 0.700 bits per heavy atom. The van der Waals surface area contributed by atoms with Crippen molar-refractivity contribution in [2.45, 2.75) is 119 Å². The van der Waals surface area contributed by atoms with Crippen LogP contribution in [0.3, 0.4) is 0 Å². The average molecular weight is 425 g/mol. The molecule has 1 aliphatic carbocycles. The molecule has 1 atom stereocenters. The molecule has 2 rings (SSSR count). The molecule has 30 heavy (non-hydrogen) atoms. The van der Waals surface area contributed by atoms with E-state index in [1.54, 1.807) is 38.2 Å². The van der Waals surface area contributed by atoms with Crippen molar-refractivity contribution in [3.63, 3.8) is 0 Å². The molecule has 0 aliphatic heterocycles. The number of allylic oxidation sites excluding steroid dienone is 4. The van der Waals surface area contributed by atoms with Gasteiger partial charge < -0.3 is 0 Å². The van der Waals surface area contributed by atoms with Gasteiger partial charge in [0.25, 0.3) is 0 Å². The third-order valence-electron chi connectivity index (χ3n) is 7.73. The Labute approximate surface area is 189 Å². The fourth-order valence-corrected chi connectivity index (χ4v) is 9.28. The highest BCUT2D eigenvalue weighted by Crippen LogP contribution is 2.41. The minimum Gasteiger partial charge on any atom is -0.0662 e. The van der Waals surface area contributed by atoms with Gasteiger partial charge in [-0.3, -0.25) is 0 Å². The highest BCUT2D eigenvalue weighted by Gasteiger charge is 2.37. The van der Waals surface area contributed by atoms with Crippen molar-refractivity contribution in [1.29, 1.82) is 0 Å². The second-order valence-electron chi connectivity index (χ2n) is 10.4. The largest absolute Gasteiger partial charge is 0.108 e. The summed E-state index contributed by atoms with van der Waals surface area (Å²) in [4.78, 5) is 0. The zero-order valence-corrected chi connectivity index (χ0v) is 22.4. The number of benzene rings is 1. The van der Waals surface area contributed by atoms with E-state index in [9.17, 15) is 0 Å². The lowest BCUT2D eigenvalue weighted by Crippen LogP contribution is -2.46. The second-order valence-corrected chi connectivity index (χ2v) is 14.7. The van der Waals surface area contributed by atoms with E-state index in [-0.39, 0.29) is 0 Å². The van der Waals surface area contributed by atoms with Crippen LogP contribution in [-0.4, -0.2) is 8.07 Å². The van der Waals surface area contributed by atoms with E-state index in [0.29, 0.717) is 5.92 Å². The van der Waals surface area contributed by atoms with Gasteiger partial charge in [-0.05, 0) is 69.1 Å². The van der Waals surface area contributed by atoms with Crippen molar-refractivity contribution in [2.75, 3.05) is 0 Å². The smallest absolute Gasteiger partial charge is 0.0662 e. The summed E-state index contributed by atoms with van der Waals surface area (Å²) in [5.41, 5.74) is 7.93. The molecule has 0 N–H and O–H groups in total. The molecule has 1 unspecified atom stereocenters. The number of hydrogen-bond acceptors (Lipinski definition) is 0. The highest BCUT2D eigenvalue weighted by molar-refractivity contribution is 6.96. The van der Waals surface area contributed by atoms with Gasteiger partial charge in [-0.2, -0.15) is 0 Å². The molecular weight excluding hydrogens is 376 g/mol. The van der Waals surface area contributed by atoms with Gasteiger partial charge in [0.2, 0.25) is 0 Å². The molecule has 0 spiro atoms. The lowest BCUT2D eigenvalue weighted by Gasteiger charge is -2.31. The molecule has 1 aromatic carbocycles. The van der Waals surface area contributed by atoms with Crippen LogP contribution >= 0.6 is 0 Å². The number of unbranched alkanes of at least 4 members (excludes halogenated alkanes) is 6. The first-order valence-electron chi connectivity index (χ1n) is 12.8. The first kappa shape index (κ1) is 25.2. The van der Waals surface area contributed by atoms with Crippen molar-refractivity contribution >= 4 is 13.3 Å². The molecule has 0 saturated heterocycles. The predicted octanol–water partition coefficient (Wildman–Crippen LogP) is 8.69. The fraction of sp³-hybridized carbons (Fsp3) is 0.655. The van der Waals surface area contributed by atoms with E-state index in [2.05, 4.69) is 72.8 Å². The van der Waals surface area contributed by atoms with Crippen LogP contribution in [-0.2, 0) is 12.8 Å². The molecule has 0 bridgehead atoms. The normalized spacial score (nSPS) is 17.4. The van der Waals surface area contributed by atoms with Crippen LogP contribution < -0.4 is 5.19 Å². The zero-order valence-electron chi connectivity index (χ0n) is 21.4. The van der Waals surface area contributed by atoms with Crippen LogP contribution in [0.5, 0.6) is 0 Å². The van der Waals surface area contributed by atoms with Crippen molar-refractivity contribution in [3.8, 4) is 0 Å². The predicted molar refractivity (Wildman–Crippen MR) is 139 cm³/mol. The van der Waals surface area contributed by atoms with Crippen LogP contribution in [0.1, 0.15) is 104 Å². The van der Waals surface area contributed by atoms with Crippen molar-refractivity contribution in [2.24, 2.45) is 5.92 Å². The maximum atomic E-state index is 2.60. The minimum absolute atomic E-state index is 0.618. The molecular formula is C29H48Si. The van der Waals surface area contributed by atoms with E-state index >= 15 is 0 Å². The fourth-order valence-electron chi connectivity index (χ4n) is 5.45. The molecule has 0 saturated carbocycles. The Hall–Kier alpha value is -1.08. The molecule has 0 heterocycles. The monoisotopic (exact) mass is 424 g/mol. The number of aryl methyl sites for hydroxylation is 2. The summed E-state index contributed by atoms with van der Waals surface area (Å²) >= 11 is 0. The van der Waals surface area contributed by atoms with Crippen molar-refractivity contribution in [1.82, 2.24) is 0 Å². The van der Waals surface area contributed by atoms with Gasteiger partial charge in [-0.1, -0.05) is 112 Å². The van der Waals surface area contributed by atoms with Crippen molar-refractivity contribution < 1.29 is 0 Å². The third kappa shape index (κ3) is 5.99. The van der Waals surface area contributed by atoms with Crippen LogP contribution in [0.25, 0.3) is 0 Å². The quantitative estimate of drug-likeness (QED) is 0.232. The van der Waals surface area contributed by atoms with Gasteiger partial charge in [0.15, 0.2) is 0 Å². The van der Waals surface area contributed by atoms with Crippen LogP contribution in [0.15, 0.2) is 40.1 Å². The Kier molecular flexibility index (Phi) is 9.66. The molecule has 168 valence electrons. The molecule has 0 radical (unpaired) electrons. The summed E-state index contributed by atoms with van der Waals surface area (Å²) in [6.07, 6.45) is 13.3. The standard InChI is InChI=1S/C29H48Si/c1-9-11-13-15-17-26-19-27(18-16-14-12-10-2)21-28(20-26)30(7,8)29-24(5)22(3)23(4)25(29)6/h19-21,24H,9-18H2,1-8H3. The van der Waals surface area contributed by atoms with Crippen LogP contribution in [0.4, 0.5) is 0 Å². The third-order valence-corrected chi connectivity index (χ3v) is 11.6. The SMILES string of the molecule is CCCCCCc1cc(CCCCCC)cc([Si](C)(C)C2=C(C)C(C)=C(C)C2C)c1. The van der Waals surface area contributed by atoms with Crippen molar-refractivity contribution in [3.05, 3.63) is 51.2 Å². The first-order valence-corrected chi connectivity index (χ1v) is 15.8. The van der Waals surface area contributed by atoms with E-state index in [4.69, 9.17) is 0 Å². The topological polar surface area (TPSA) is 0 Å². The van der Waals surface area contributed by atoms with E-state index in [1.165, 1.54) is 64.2 Å². The summed E-state index contributed by atoms with van der Waals surface area (Å²) < 4.78 is 0. The van der Waals surface area contributed by atoms with Gasteiger partial charge in [0, 0.05) is 0 Å². The molecule has 0 fully saturated rings. The minimum atomic E-state index is -1.69. The highest BCUT2D eigenvalue weighted by atomic mass is 28.3. The van der Waals surface area contributed by atoms with Crippen LogP contribution in [0.2, 0.25) is 13.1 Å². The van der Waals surface area contributed by atoms with Gasteiger partial charge in [0.05, 0.1) is 0 Å². The number of hydrogen-bond donors (Lipinski definition) is 0. The van der Waals surface area contributed by atoms with Crippen LogP contribution in [0, 0.1) is 5.92 Å². The molecule has 0 nitrogen and oxygen atoms in total. The van der Waals surface area contributed by atoms with E-state index < -0.39 is 8.07 Å². The summed E-state index contributed by atoms with van der Waals surface area (Å²) in [5, 5.41) is 3.45. The molecule has 1 aliphatic rings. The summed E-state index contributed by atoms with van der Waals surface area (Å²) in [6.45, 7) is 19.3. The Bertz CT molecular complexity index is 732. The first-order chi connectivity index (χ1) is 14.2. The summed E-state index contributed by atoms with van der Waals surface area (Å²) in [6, 6.07) is 7.74. The maximum absolute atomic E-state index is 2.60. The average Bonchev–Trinajstić information content (AvgIpc) is 2.91. The second kappa shape index (κ2) is 11.5. The van der Waals surface area contributed by atoms with Gasteiger partial charge in [-0.15, -0.1) is 0 Å². The van der Waals surface area contributed by atoms with E-state index in [1.807, 2.05) is 0 Å².